The van der Waals surface area contributed by atoms with Crippen molar-refractivity contribution in [1.82, 2.24) is 20.1 Å². The lowest BCUT2D eigenvalue weighted by Crippen LogP contribution is -2.32. The molecule has 2 heterocycles. The van der Waals surface area contributed by atoms with Gasteiger partial charge in [-0.3, -0.25) is 9.58 Å². The van der Waals surface area contributed by atoms with Crippen LogP contribution < -0.4 is 17.1 Å². The summed E-state index contributed by atoms with van der Waals surface area (Å²) in [5, 5.41) is 8.07. The number of hydrogen-bond acceptors (Lipinski definition) is 5. The van der Waals surface area contributed by atoms with Gasteiger partial charge in [-0.15, -0.1) is 0 Å². The van der Waals surface area contributed by atoms with Gasteiger partial charge in [0.05, 0.1) is 5.69 Å². The topological polar surface area (TPSA) is 97.5 Å². The molecule has 5 N–H and O–H groups in total. The summed E-state index contributed by atoms with van der Waals surface area (Å²) in [4.78, 5) is 2.43. The average molecular weight is 281 g/mol. The van der Waals surface area contributed by atoms with E-state index in [2.05, 4.69) is 34.4 Å². The van der Waals surface area contributed by atoms with Crippen molar-refractivity contribution in [1.29, 1.82) is 0 Å². The van der Waals surface area contributed by atoms with E-state index in [4.69, 9.17) is 11.7 Å². The molecule has 7 nitrogen and oxygen atoms in total. The van der Waals surface area contributed by atoms with Gasteiger partial charge >= 0.3 is 0 Å². The van der Waals surface area contributed by atoms with Crippen LogP contribution in [0.2, 0.25) is 0 Å². The molecule has 0 fully saturated rings. The van der Waals surface area contributed by atoms with Gasteiger partial charge in [-0.25, -0.2) is 5.84 Å². The fourth-order valence-corrected chi connectivity index (χ4v) is 2.22. The van der Waals surface area contributed by atoms with E-state index in [-0.39, 0.29) is 0 Å². The zero-order valence-corrected chi connectivity index (χ0v) is 12.9. The molecule has 0 aromatic carbocycles. The first kappa shape index (κ1) is 16.5. The minimum absolute atomic E-state index is 0.409. The number of nitrogens with one attached hydrogen (secondary N) is 1. The third-order valence-corrected chi connectivity index (χ3v) is 3.28. The number of nitrogens with zero attached hydrogens (tertiary/aromatic N) is 4. The Balaban J connectivity index is 0.000000956. The molecular weight excluding hydrogens is 254 g/mol. The maximum absolute atomic E-state index is 5.36. The van der Waals surface area contributed by atoms with Crippen LogP contribution in [-0.4, -0.2) is 33.1 Å². The van der Waals surface area contributed by atoms with E-state index in [1.807, 2.05) is 24.6 Å². The van der Waals surface area contributed by atoms with Gasteiger partial charge in [0.1, 0.15) is 5.69 Å². The van der Waals surface area contributed by atoms with Crippen LogP contribution in [0.5, 0.6) is 0 Å². The first-order chi connectivity index (χ1) is 9.65. The average Bonchev–Trinajstić information content (AvgIpc) is 2.73. The fourth-order valence-electron chi connectivity index (χ4n) is 2.22. The minimum Gasteiger partial charge on any atom is -0.321 e. The van der Waals surface area contributed by atoms with Crippen molar-refractivity contribution >= 4 is 5.84 Å². The summed E-state index contributed by atoms with van der Waals surface area (Å²) in [6.07, 6.45) is 1.09. The molecule has 1 aliphatic heterocycles. The van der Waals surface area contributed by atoms with E-state index < -0.39 is 0 Å². The van der Waals surface area contributed by atoms with Gasteiger partial charge < -0.3 is 11.3 Å². The zero-order chi connectivity index (χ0) is 15.1. The van der Waals surface area contributed by atoms with Crippen LogP contribution in [0.15, 0.2) is 11.2 Å². The number of aryl methyl sites for hydroxylation is 1. The second-order valence-electron chi connectivity index (χ2n) is 4.78. The third-order valence-electron chi connectivity index (χ3n) is 3.28. The van der Waals surface area contributed by atoms with Crippen molar-refractivity contribution in [3.05, 3.63) is 17.5 Å². The molecule has 0 unspecified atom stereocenters. The molecule has 0 saturated heterocycles. The van der Waals surface area contributed by atoms with Crippen LogP contribution in [0.25, 0.3) is 0 Å². The lowest BCUT2D eigenvalue weighted by Gasteiger charge is -2.23. The van der Waals surface area contributed by atoms with E-state index in [9.17, 15) is 0 Å². The number of nitrogens with two attached hydrogens (primary N) is 2. The monoisotopic (exact) mass is 281 g/mol. The molecule has 1 aromatic heterocycles. The second-order valence-corrected chi connectivity index (χ2v) is 4.78. The van der Waals surface area contributed by atoms with Gasteiger partial charge in [0.25, 0.3) is 0 Å². The van der Waals surface area contributed by atoms with E-state index in [0.29, 0.717) is 17.6 Å². The molecule has 2 rings (SSSR count). The highest BCUT2D eigenvalue weighted by molar-refractivity contribution is 5.96. The Morgan fingerprint density at radius 3 is 2.65 bits per heavy atom. The lowest BCUT2D eigenvalue weighted by molar-refractivity contribution is 0.216. The minimum atomic E-state index is 0.409. The van der Waals surface area contributed by atoms with E-state index >= 15 is 0 Å². The Morgan fingerprint density at radius 1 is 1.40 bits per heavy atom. The van der Waals surface area contributed by atoms with Gasteiger partial charge in [0.15, 0.2) is 5.84 Å². The summed E-state index contributed by atoms with van der Waals surface area (Å²) < 4.78 is 2.01. The summed E-state index contributed by atoms with van der Waals surface area (Å²) in [7, 11) is 0. The smallest absolute Gasteiger partial charge is 0.187 e. The summed E-state index contributed by atoms with van der Waals surface area (Å²) in [5.41, 5.74) is 4.33. The number of fused-ring (bicyclic) bond motifs is 1. The zero-order valence-electron chi connectivity index (χ0n) is 12.9. The molecule has 1 aliphatic rings. The number of rotatable bonds is 2. The molecule has 0 atom stereocenters. The van der Waals surface area contributed by atoms with Crippen molar-refractivity contribution in [2.75, 3.05) is 6.54 Å². The first-order valence-corrected chi connectivity index (χ1v) is 7.21. The molecule has 20 heavy (non-hydrogen) atoms. The highest BCUT2D eigenvalue weighted by atomic mass is 15.4. The van der Waals surface area contributed by atoms with Crippen molar-refractivity contribution in [2.24, 2.45) is 16.8 Å². The number of hydrazone groups is 1. The molecule has 1 aromatic rings. The van der Waals surface area contributed by atoms with Crippen molar-refractivity contribution in [2.45, 2.75) is 53.2 Å². The Morgan fingerprint density at radius 2 is 2.10 bits per heavy atom. The van der Waals surface area contributed by atoms with Crippen LogP contribution >= 0.6 is 0 Å². The molecule has 0 aliphatic carbocycles. The normalized spacial score (nSPS) is 16.2. The summed E-state index contributed by atoms with van der Waals surface area (Å²) >= 11 is 0. The van der Waals surface area contributed by atoms with Crippen LogP contribution in [0.1, 0.15) is 45.5 Å². The standard InChI is InChI=1S/C11H21N7.C2H6/c1-8(2)17-4-3-5-18-9(7-17)6-10(16-18)11(14-12)15-13;1-2/h6,8H,3-5,7,12-13H2,1-2H3,(H,14,15);1-2H3. The molecule has 0 spiro atoms. The van der Waals surface area contributed by atoms with Gasteiger partial charge in [-0.2, -0.15) is 10.2 Å². The predicted molar refractivity (Wildman–Crippen MR) is 81.8 cm³/mol. The highest BCUT2D eigenvalue weighted by Gasteiger charge is 2.19. The molecule has 0 radical (unpaired) electrons. The first-order valence-electron chi connectivity index (χ1n) is 7.21. The van der Waals surface area contributed by atoms with E-state index in [1.165, 1.54) is 5.69 Å². The van der Waals surface area contributed by atoms with Crippen LogP contribution in [-0.2, 0) is 13.1 Å². The van der Waals surface area contributed by atoms with E-state index in [1.54, 1.807) is 0 Å². The van der Waals surface area contributed by atoms with Crippen LogP contribution in [0.4, 0.5) is 0 Å². The molecule has 7 heteroatoms. The predicted octanol–water partition coefficient (Wildman–Crippen LogP) is 0.607. The Kier molecular flexibility index (Phi) is 6.47. The number of aromatic nitrogens is 2. The lowest BCUT2D eigenvalue weighted by atomic mass is 10.2. The second kappa shape index (κ2) is 7.86. The summed E-state index contributed by atoms with van der Waals surface area (Å²) in [5.74, 6) is 11.0. The molecular formula is C13H27N7. The van der Waals surface area contributed by atoms with E-state index in [0.717, 1.165) is 26.1 Å². The van der Waals surface area contributed by atoms with Gasteiger partial charge in [0.2, 0.25) is 0 Å². The van der Waals surface area contributed by atoms with Crippen molar-refractivity contribution in [3.63, 3.8) is 0 Å². The highest BCUT2D eigenvalue weighted by Crippen LogP contribution is 2.15. The van der Waals surface area contributed by atoms with Gasteiger partial charge in [-0.05, 0) is 26.3 Å². The van der Waals surface area contributed by atoms with Crippen LogP contribution in [0, 0.1) is 0 Å². The molecule has 0 saturated carbocycles. The molecule has 0 bridgehead atoms. The van der Waals surface area contributed by atoms with Gasteiger partial charge in [-0.1, -0.05) is 13.8 Å². The van der Waals surface area contributed by atoms with Crippen LogP contribution in [0.3, 0.4) is 0 Å². The quantitative estimate of drug-likeness (QED) is 0.319. The Labute approximate surface area is 121 Å². The maximum atomic E-state index is 5.36. The Hall–Kier alpha value is -1.60. The Bertz CT molecular complexity index is 436. The molecule has 0 amide bonds. The number of hydrogen-bond donors (Lipinski definition) is 3. The maximum Gasteiger partial charge on any atom is 0.187 e. The molecule has 114 valence electrons. The number of hydrazine groups is 1. The number of amidine groups is 1. The largest absolute Gasteiger partial charge is 0.321 e. The fraction of sp³-hybridized carbons (Fsp3) is 0.692. The van der Waals surface area contributed by atoms with Crippen molar-refractivity contribution < 1.29 is 0 Å². The van der Waals surface area contributed by atoms with Gasteiger partial charge in [0, 0.05) is 25.7 Å². The third kappa shape index (κ3) is 3.71. The van der Waals surface area contributed by atoms with Crippen molar-refractivity contribution in [3.8, 4) is 0 Å². The summed E-state index contributed by atoms with van der Waals surface area (Å²) in [6, 6.07) is 2.52. The SMILES string of the molecule is CC.CC(C)N1CCCn2nc(/C(=N/N)NN)cc2C1. The summed E-state index contributed by atoms with van der Waals surface area (Å²) in [6.45, 7) is 11.3.